The van der Waals surface area contributed by atoms with Crippen LogP contribution in [0.2, 0.25) is 0 Å². The number of hydrogen-bond acceptors (Lipinski definition) is 3. The van der Waals surface area contributed by atoms with E-state index in [0.717, 1.165) is 0 Å². The first-order chi connectivity index (χ1) is 5.13. The minimum atomic E-state index is -1.38. The molecule has 0 aliphatic heterocycles. The molecular formula is C6H7BrClNO3. The molecule has 0 saturated carbocycles. The van der Waals surface area contributed by atoms with E-state index in [4.69, 9.17) is 15.3 Å². The molecule has 6 heteroatoms. The van der Waals surface area contributed by atoms with Gasteiger partial charge in [0, 0.05) is 0 Å². The van der Waals surface area contributed by atoms with Crippen molar-refractivity contribution in [3.63, 3.8) is 0 Å². The monoisotopic (exact) mass is 255 g/mol. The van der Waals surface area contributed by atoms with Crippen LogP contribution in [0.25, 0.3) is 0 Å². The lowest BCUT2D eigenvalue weighted by molar-refractivity contribution is -0.127. The van der Waals surface area contributed by atoms with Gasteiger partial charge in [0.05, 0.1) is 10.7 Å². The van der Waals surface area contributed by atoms with Gasteiger partial charge < -0.3 is 15.3 Å². The van der Waals surface area contributed by atoms with E-state index in [1.165, 1.54) is 6.26 Å². The third kappa shape index (κ3) is 2.23. The lowest BCUT2D eigenvalue weighted by atomic mass is 10.3. The lowest BCUT2D eigenvalue weighted by Crippen LogP contribution is -2.20. The Kier molecular flexibility index (Phi) is 4.30. The summed E-state index contributed by atoms with van der Waals surface area (Å²) >= 11 is 3.07. The van der Waals surface area contributed by atoms with Crippen molar-refractivity contribution in [3.8, 4) is 0 Å². The number of amides is 1. The fourth-order valence-corrected chi connectivity index (χ4v) is 1.05. The van der Waals surface area contributed by atoms with Crippen molar-refractivity contribution < 1.29 is 14.3 Å². The van der Waals surface area contributed by atoms with Crippen molar-refractivity contribution in [1.82, 2.24) is 0 Å². The Labute approximate surface area is 83.3 Å². The summed E-state index contributed by atoms with van der Waals surface area (Å²) in [7, 11) is 0. The van der Waals surface area contributed by atoms with Gasteiger partial charge in [-0.3, -0.25) is 4.79 Å². The van der Waals surface area contributed by atoms with Crippen molar-refractivity contribution in [3.05, 3.63) is 22.6 Å². The molecule has 3 N–H and O–H groups in total. The summed E-state index contributed by atoms with van der Waals surface area (Å²) < 4.78 is 5.32. The van der Waals surface area contributed by atoms with Gasteiger partial charge in [0.1, 0.15) is 0 Å². The summed E-state index contributed by atoms with van der Waals surface area (Å²) in [5.41, 5.74) is 4.83. The standard InChI is InChI=1S/C6H6BrNO3.ClH/c7-3-1-2-11-5(3)4(9)6(8)10;/h1-2,4,9H,(H2,8,10);1H. The van der Waals surface area contributed by atoms with E-state index in [2.05, 4.69) is 15.9 Å². The molecular weight excluding hydrogens is 249 g/mol. The molecule has 1 unspecified atom stereocenters. The average molecular weight is 256 g/mol. The number of carbonyl (C=O) groups excluding carboxylic acids is 1. The van der Waals surface area contributed by atoms with Crippen molar-refractivity contribution in [2.24, 2.45) is 5.73 Å². The molecule has 1 aromatic heterocycles. The van der Waals surface area contributed by atoms with Crippen LogP contribution < -0.4 is 5.73 Å². The molecule has 0 aliphatic carbocycles. The Morgan fingerprint density at radius 3 is 2.67 bits per heavy atom. The molecule has 0 fully saturated rings. The van der Waals surface area contributed by atoms with E-state index < -0.39 is 12.0 Å². The number of furan rings is 1. The highest BCUT2D eigenvalue weighted by Gasteiger charge is 2.19. The number of aliphatic hydroxyl groups excluding tert-OH is 1. The number of halogens is 2. The van der Waals surface area contributed by atoms with Gasteiger partial charge in [0.2, 0.25) is 0 Å². The van der Waals surface area contributed by atoms with Gasteiger partial charge in [-0.1, -0.05) is 0 Å². The number of carbonyl (C=O) groups is 1. The Morgan fingerprint density at radius 1 is 1.75 bits per heavy atom. The molecule has 0 spiro atoms. The number of hydrogen-bond donors (Lipinski definition) is 2. The highest BCUT2D eigenvalue weighted by atomic mass is 79.9. The first kappa shape index (κ1) is 11.5. The first-order valence-electron chi connectivity index (χ1n) is 2.83. The molecule has 0 radical (unpaired) electrons. The molecule has 0 aromatic carbocycles. The summed E-state index contributed by atoms with van der Waals surface area (Å²) in [4.78, 5) is 10.4. The molecule has 1 atom stereocenters. The second kappa shape index (κ2) is 4.49. The van der Waals surface area contributed by atoms with E-state index in [1.54, 1.807) is 6.07 Å². The predicted octanol–water partition coefficient (Wildman–Crippen LogP) is 0.983. The third-order valence-electron chi connectivity index (χ3n) is 1.16. The zero-order chi connectivity index (χ0) is 8.43. The van der Waals surface area contributed by atoms with E-state index in [1.807, 2.05) is 0 Å². The summed E-state index contributed by atoms with van der Waals surface area (Å²) in [5, 5.41) is 9.07. The van der Waals surface area contributed by atoms with Gasteiger partial charge in [0.15, 0.2) is 11.9 Å². The Hall–Kier alpha value is -0.520. The fraction of sp³-hybridized carbons (Fsp3) is 0.167. The van der Waals surface area contributed by atoms with Crippen LogP contribution in [0.1, 0.15) is 11.9 Å². The van der Waals surface area contributed by atoms with Crippen LogP contribution in [0, 0.1) is 0 Å². The lowest BCUT2D eigenvalue weighted by Gasteiger charge is -2.01. The van der Waals surface area contributed by atoms with Crippen LogP contribution in [-0.4, -0.2) is 11.0 Å². The number of rotatable bonds is 2. The maximum absolute atomic E-state index is 10.4. The van der Waals surface area contributed by atoms with Crippen molar-refractivity contribution in [1.29, 1.82) is 0 Å². The SMILES string of the molecule is Cl.NC(=O)C(O)c1occc1Br. The molecule has 1 heterocycles. The number of nitrogens with two attached hydrogens (primary N) is 1. The van der Waals surface area contributed by atoms with E-state index in [0.29, 0.717) is 4.47 Å². The molecule has 0 aliphatic rings. The maximum Gasteiger partial charge on any atom is 0.254 e. The van der Waals surface area contributed by atoms with Gasteiger partial charge in [-0.15, -0.1) is 12.4 Å². The highest BCUT2D eigenvalue weighted by molar-refractivity contribution is 9.10. The van der Waals surface area contributed by atoms with Crippen LogP contribution in [0.15, 0.2) is 21.2 Å². The van der Waals surface area contributed by atoms with Crippen LogP contribution in [0.5, 0.6) is 0 Å². The topological polar surface area (TPSA) is 76.5 Å². The van der Waals surface area contributed by atoms with E-state index in [9.17, 15) is 4.79 Å². The van der Waals surface area contributed by atoms with Gasteiger partial charge in [-0.05, 0) is 22.0 Å². The summed E-state index contributed by atoms with van der Waals surface area (Å²) in [6, 6.07) is 1.57. The Balaban J connectivity index is 0.00000121. The average Bonchev–Trinajstić information content (AvgIpc) is 2.33. The summed E-state index contributed by atoms with van der Waals surface area (Å²) in [6.07, 6.45) is -0.0228. The van der Waals surface area contributed by atoms with Gasteiger partial charge >= 0.3 is 0 Å². The first-order valence-corrected chi connectivity index (χ1v) is 3.62. The minimum absolute atomic E-state index is 0. The van der Waals surface area contributed by atoms with Gasteiger partial charge in [0.25, 0.3) is 5.91 Å². The predicted molar refractivity (Wildman–Crippen MR) is 47.8 cm³/mol. The third-order valence-corrected chi connectivity index (χ3v) is 1.82. The van der Waals surface area contributed by atoms with Gasteiger partial charge in [-0.25, -0.2) is 0 Å². The fourth-order valence-electron chi connectivity index (χ4n) is 0.630. The molecule has 1 amide bonds. The van der Waals surface area contributed by atoms with Crippen molar-refractivity contribution in [2.45, 2.75) is 6.10 Å². The smallest absolute Gasteiger partial charge is 0.254 e. The van der Waals surface area contributed by atoms with Crippen molar-refractivity contribution in [2.75, 3.05) is 0 Å². The molecule has 1 rings (SSSR count). The van der Waals surface area contributed by atoms with Crippen LogP contribution in [-0.2, 0) is 4.79 Å². The van der Waals surface area contributed by atoms with E-state index >= 15 is 0 Å². The second-order valence-corrected chi connectivity index (χ2v) is 2.79. The Morgan fingerprint density at radius 2 is 2.33 bits per heavy atom. The van der Waals surface area contributed by atoms with Crippen LogP contribution >= 0.6 is 28.3 Å². The number of aliphatic hydroxyl groups is 1. The summed E-state index contributed by atoms with van der Waals surface area (Å²) in [6.45, 7) is 0. The van der Waals surface area contributed by atoms with Crippen LogP contribution in [0.4, 0.5) is 0 Å². The zero-order valence-corrected chi connectivity index (χ0v) is 8.26. The minimum Gasteiger partial charge on any atom is -0.465 e. The number of primary amides is 1. The van der Waals surface area contributed by atoms with Crippen molar-refractivity contribution >= 4 is 34.2 Å². The summed E-state index contributed by atoms with van der Waals surface area (Å²) in [5.74, 6) is -0.696. The normalized spacial score (nSPS) is 11.8. The molecule has 68 valence electrons. The Bertz CT molecular complexity index is 276. The molecule has 12 heavy (non-hydrogen) atoms. The largest absolute Gasteiger partial charge is 0.465 e. The highest BCUT2D eigenvalue weighted by Crippen LogP contribution is 2.23. The van der Waals surface area contributed by atoms with Crippen LogP contribution in [0.3, 0.4) is 0 Å². The second-order valence-electron chi connectivity index (χ2n) is 1.94. The maximum atomic E-state index is 10.4. The molecule has 0 saturated heterocycles. The zero-order valence-electron chi connectivity index (χ0n) is 5.86. The quantitative estimate of drug-likeness (QED) is 0.828. The molecule has 1 aromatic rings. The van der Waals surface area contributed by atoms with Gasteiger partial charge in [-0.2, -0.15) is 0 Å². The molecule has 4 nitrogen and oxygen atoms in total. The van der Waals surface area contributed by atoms with E-state index in [-0.39, 0.29) is 18.2 Å². The molecule has 0 bridgehead atoms.